The second-order valence-corrected chi connectivity index (χ2v) is 0.914. The van der Waals surface area contributed by atoms with Crippen molar-refractivity contribution in [3.05, 3.63) is 12.7 Å². The first-order chi connectivity index (χ1) is 3.27. The zero-order valence-corrected chi connectivity index (χ0v) is 3.80. The molecule has 0 aliphatic rings. The highest BCUT2D eigenvalue weighted by atomic mass is 19.1. The molecule has 0 unspecified atom stereocenters. The van der Waals surface area contributed by atoms with E-state index in [4.69, 9.17) is 5.02 Å². The summed E-state index contributed by atoms with van der Waals surface area (Å²) in [4.78, 5) is 0. The van der Waals surface area contributed by atoms with Gasteiger partial charge in [0.1, 0.15) is 0 Å². The summed E-state index contributed by atoms with van der Waals surface area (Å²) in [6.45, 7) is 3.27. The largest absolute Gasteiger partial charge is 0.677 e. The van der Waals surface area contributed by atoms with E-state index >= 15 is 0 Å². The predicted octanol–water partition coefficient (Wildman–Crippen LogP) is 0.136. The minimum Gasteiger partial charge on any atom is -0.398 e. The van der Waals surface area contributed by atoms with Crippen LogP contribution >= 0.6 is 0 Å². The first-order valence-electron chi connectivity index (χ1n) is 1.82. The molecular formula is C3H6BFO2. The van der Waals surface area contributed by atoms with E-state index in [1.165, 1.54) is 6.08 Å². The van der Waals surface area contributed by atoms with Gasteiger partial charge in [-0.05, 0) is 0 Å². The van der Waals surface area contributed by atoms with Gasteiger partial charge in [-0.1, -0.05) is 6.08 Å². The van der Waals surface area contributed by atoms with E-state index in [1.807, 2.05) is 0 Å². The maximum absolute atomic E-state index is 11.2. The summed E-state index contributed by atoms with van der Waals surface area (Å²) in [5, 5.41) is 7.75. The van der Waals surface area contributed by atoms with Crippen molar-refractivity contribution < 1.29 is 14.0 Å². The third-order valence-corrected chi connectivity index (χ3v) is 0.352. The van der Waals surface area contributed by atoms with Gasteiger partial charge in [0.15, 0.2) is 0 Å². The van der Waals surface area contributed by atoms with E-state index < -0.39 is 7.40 Å². The van der Waals surface area contributed by atoms with Crippen LogP contribution in [0.4, 0.5) is 4.32 Å². The Kier molecular flexibility index (Phi) is 3.64. The normalized spacial score (nSPS) is 8.29. The summed E-state index contributed by atoms with van der Waals surface area (Å²) < 4.78 is 15.1. The molecule has 0 fully saturated rings. The number of halogens is 1. The van der Waals surface area contributed by atoms with Crippen molar-refractivity contribution in [3.8, 4) is 0 Å². The molecule has 0 bridgehead atoms. The number of rotatable bonds is 3. The second-order valence-electron chi connectivity index (χ2n) is 0.914. The molecule has 0 heterocycles. The van der Waals surface area contributed by atoms with Gasteiger partial charge in [0, 0.05) is 0 Å². The Morgan fingerprint density at radius 3 is 2.71 bits per heavy atom. The minimum absolute atomic E-state index is 0.0394. The van der Waals surface area contributed by atoms with Crippen LogP contribution in [0, 0.1) is 0 Å². The topological polar surface area (TPSA) is 29.5 Å². The number of hydrogen-bond donors (Lipinski definition) is 1. The third kappa shape index (κ3) is 5.65. The van der Waals surface area contributed by atoms with E-state index in [9.17, 15) is 4.32 Å². The van der Waals surface area contributed by atoms with Crippen LogP contribution in [0.2, 0.25) is 0 Å². The van der Waals surface area contributed by atoms with Crippen LogP contribution in [0.1, 0.15) is 0 Å². The molecule has 0 spiro atoms. The van der Waals surface area contributed by atoms with E-state index in [0.29, 0.717) is 0 Å². The minimum atomic E-state index is -2.17. The Morgan fingerprint density at radius 2 is 2.57 bits per heavy atom. The highest BCUT2D eigenvalue weighted by Crippen LogP contribution is 1.79. The lowest BCUT2D eigenvalue weighted by atomic mass is 10.3. The highest BCUT2D eigenvalue weighted by molar-refractivity contribution is 6.33. The Bertz CT molecular complexity index is 56.9. The van der Waals surface area contributed by atoms with E-state index in [2.05, 4.69) is 11.2 Å². The van der Waals surface area contributed by atoms with E-state index in [0.717, 1.165) is 0 Å². The zero-order valence-electron chi connectivity index (χ0n) is 3.80. The van der Waals surface area contributed by atoms with Crippen LogP contribution in [-0.4, -0.2) is 19.0 Å². The summed E-state index contributed by atoms with van der Waals surface area (Å²) in [5.74, 6) is 0. The van der Waals surface area contributed by atoms with Crippen LogP contribution in [0.3, 0.4) is 0 Å². The van der Waals surface area contributed by atoms with Gasteiger partial charge in [0.2, 0.25) is 0 Å². The lowest BCUT2D eigenvalue weighted by molar-refractivity contribution is 0.247. The molecule has 0 saturated carbocycles. The average molecular weight is 104 g/mol. The molecule has 0 amide bonds. The number of hydrogen-bond acceptors (Lipinski definition) is 2. The maximum Gasteiger partial charge on any atom is 0.677 e. The Labute approximate surface area is 41.8 Å². The molecule has 0 rings (SSSR count). The zero-order chi connectivity index (χ0) is 5.70. The molecule has 0 aromatic rings. The highest BCUT2D eigenvalue weighted by Gasteiger charge is 2.07. The smallest absolute Gasteiger partial charge is 0.398 e. The van der Waals surface area contributed by atoms with Crippen molar-refractivity contribution in [3.63, 3.8) is 0 Å². The summed E-state index contributed by atoms with van der Waals surface area (Å²) in [7, 11) is -2.17. The lowest BCUT2D eigenvalue weighted by Gasteiger charge is -1.90. The molecule has 7 heavy (non-hydrogen) atoms. The molecular weight excluding hydrogens is 97.8 g/mol. The summed E-state index contributed by atoms with van der Waals surface area (Å²) >= 11 is 0. The molecule has 2 nitrogen and oxygen atoms in total. The molecule has 0 saturated heterocycles. The van der Waals surface area contributed by atoms with Crippen molar-refractivity contribution in [1.82, 2.24) is 0 Å². The van der Waals surface area contributed by atoms with Crippen LogP contribution in [0.15, 0.2) is 12.7 Å². The van der Waals surface area contributed by atoms with Gasteiger partial charge in [-0.15, -0.1) is 6.58 Å². The van der Waals surface area contributed by atoms with Crippen molar-refractivity contribution >= 4 is 7.40 Å². The Morgan fingerprint density at radius 1 is 2.00 bits per heavy atom. The van der Waals surface area contributed by atoms with E-state index in [-0.39, 0.29) is 6.61 Å². The van der Waals surface area contributed by atoms with Crippen molar-refractivity contribution in [1.29, 1.82) is 0 Å². The predicted molar refractivity (Wildman–Crippen MR) is 25.2 cm³/mol. The van der Waals surface area contributed by atoms with Gasteiger partial charge in [0.25, 0.3) is 0 Å². The van der Waals surface area contributed by atoms with Gasteiger partial charge >= 0.3 is 7.40 Å². The van der Waals surface area contributed by atoms with Gasteiger partial charge in [-0.2, -0.15) is 0 Å². The lowest BCUT2D eigenvalue weighted by Crippen LogP contribution is -2.09. The molecule has 0 radical (unpaired) electrons. The van der Waals surface area contributed by atoms with Crippen LogP contribution in [0.25, 0.3) is 0 Å². The molecule has 4 heteroatoms. The SMILES string of the molecule is C=CCOB(O)F. The fourth-order valence-electron chi connectivity index (χ4n) is 0.147. The fourth-order valence-corrected chi connectivity index (χ4v) is 0.147. The molecule has 0 aromatic carbocycles. The van der Waals surface area contributed by atoms with Crippen molar-refractivity contribution in [2.24, 2.45) is 0 Å². The fraction of sp³-hybridized carbons (Fsp3) is 0.333. The molecule has 0 atom stereocenters. The standard InChI is InChI=1S/C3H6BFO2/c1-2-3-7-4(5)6/h2,6H,1,3H2. The first kappa shape index (κ1) is 6.65. The first-order valence-corrected chi connectivity index (χ1v) is 1.82. The molecule has 40 valence electrons. The quantitative estimate of drug-likeness (QED) is 0.407. The van der Waals surface area contributed by atoms with Gasteiger partial charge in [0.05, 0.1) is 6.61 Å². The maximum atomic E-state index is 11.2. The molecule has 1 N–H and O–H groups in total. The van der Waals surface area contributed by atoms with Crippen LogP contribution < -0.4 is 0 Å². The Hall–Kier alpha value is -0.345. The van der Waals surface area contributed by atoms with Gasteiger partial charge in [-0.25, -0.2) is 0 Å². The van der Waals surface area contributed by atoms with Gasteiger partial charge < -0.3 is 9.68 Å². The monoisotopic (exact) mass is 104 g/mol. The van der Waals surface area contributed by atoms with E-state index in [1.54, 1.807) is 0 Å². The van der Waals surface area contributed by atoms with Gasteiger partial charge in [-0.3, -0.25) is 4.32 Å². The van der Waals surface area contributed by atoms with Crippen molar-refractivity contribution in [2.45, 2.75) is 0 Å². The third-order valence-electron chi connectivity index (χ3n) is 0.352. The molecule has 0 aromatic heterocycles. The Balaban J connectivity index is 2.81. The van der Waals surface area contributed by atoms with Crippen LogP contribution in [0.5, 0.6) is 0 Å². The summed E-state index contributed by atoms with van der Waals surface area (Å²) in [6, 6.07) is 0. The second kappa shape index (κ2) is 3.83. The molecule has 0 aliphatic heterocycles. The summed E-state index contributed by atoms with van der Waals surface area (Å²) in [6.07, 6.45) is 1.35. The summed E-state index contributed by atoms with van der Waals surface area (Å²) in [5.41, 5.74) is 0. The van der Waals surface area contributed by atoms with Crippen molar-refractivity contribution in [2.75, 3.05) is 6.61 Å². The average Bonchev–Trinajstić information content (AvgIpc) is 1.61. The van der Waals surface area contributed by atoms with Crippen LogP contribution in [-0.2, 0) is 4.65 Å². The molecule has 0 aliphatic carbocycles.